The third kappa shape index (κ3) is 5.80. The number of aliphatic carboxylic acids is 1. The van der Waals surface area contributed by atoms with Crippen LogP contribution in [0.4, 0.5) is 0 Å². The molecule has 0 bridgehead atoms. The largest absolute Gasteiger partial charge is 0.480 e. The first-order valence-electron chi connectivity index (χ1n) is 12.5. The van der Waals surface area contributed by atoms with Crippen LogP contribution in [-0.4, -0.2) is 33.2 Å². The van der Waals surface area contributed by atoms with Crippen molar-refractivity contribution in [1.82, 2.24) is 15.5 Å². The SMILES string of the molecule is Cc1ccc(-c2ccc(C(=O)N[C@H](Cc3ccc(C)c(-c4noc(-c5ccc(C)cc5)n4)c3)C(=O)O)o2)cc1. The van der Waals surface area contributed by atoms with E-state index in [0.717, 1.165) is 33.4 Å². The average Bonchev–Trinajstić information content (AvgIpc) is 3.61. The maximum atomic E-state index is 12.8. The molecule has 0 radical (unpaired) electrons. The lowest BCUT2D eigenvalue weighted by Crippen LogP contribution is -2.42. The van der Waals surface area contributed by atoms with Crippen LogP contribution in [0.15, 0.2) is 87.8 Å². The quantitative estimate of drug-likeness (QED) is 0.256. The number of furan rings is 1. The van der Waals surface area contributed by atoms with E-state index in [0.29, 0.717) is 23.0 Å². The third-order valence-corrected chi connectivity index (χ3v) is 6.48. The molecule has 0 spiro atoms. The van der Waals surface area contributed by atoms with Crippen LogP contribution in [0, 0.1) is 20.8 Å². The molecule has 0 fully saturated rings. The minimum Gasteiger partial charge on any atom is -0.480 e. The van der Waals surface area contributed by atoms with E-state index in [1.54, 1.807) is 6.07 Å². The number of nitrogens with one attached hydrogen (secondary N) is 1. The molecule has 8 heteroatoms. The summed E-state index contributed by atoms with van der Waals surface area (Å²) in [5.41, 5.74) is 6.20. The molecule has 3 aromatic carbocycles. The van der Waals surface area contributed by atoms with Crippen molar-refractivity contribution in [2.45, 2.75) is 33.2 Å². The molecule has 1 amide bonds. The highest BCUT2D eigenvalue weighted by Gasteiger charge is 2.24. The molecular formula is C31H27N3O5. The van der Waals surface area contributed by atoms with E-state index < -0.39 is 17.9 Å². The number of amides is 1. The molecule has 2 heterocycles. The zero-order valence-electron chi connectivity index (χ0n) is 21.8. The molecule has 0 saturated heterocycles. The Morgan fingerprint density at radius 3 is 2.21 bits per heavy atom. The summed E-state index contributed by atoms with van der Waals surface area (Å²) in [6.07, 6.45) is 0.0581. The zero-order valence-corrected chi connectivity index (χ0v) is 21.8. The number of nitrogens with zero attached hydrogens (tertiary/aromatic N) is 2. The van der Waals surface area contributed by atoms with Crippen LogP contribution in [0.5, 0.6) is 0 Å². The number of carbonyl (C=O) groups excluding carboxylic acids is 1. The zero-order chi connectivity index (χ0) is 27.5. The first-order chi connectivity index (χ1) is 18.8. The summed E-state index contributed by atoms with van der Waals surface area (Å²) in [6, 6.07) is 23.0. The number of carbonyl (C=O) groups is 2. The van der Waals surface area contributed by atoms with Gasteiger partial charge in [-0.1, -0.05) is 64.8 Å². The number of hydrogen-bond acceptors (Lipinski definition) is 6. The lowest BCUT2D eigenvalue weighted by Gasteiger charge is -2.15. The van der Waals surface area contributed by atoms with Gasteiger partial charge in [0.25, 0.3) is 11.8 Å². The van der Waals surface area contributed by atoms with Gasteiger partial charge < -0.3 is 19.4 Å². The van der Waals surface area contributed by atoms with Crippen molar-refractivity contribution in [2.75, 3.05) is 0 Å². The van der Waals surface area contributed by atoms with E-state index in [2.05, 4.69) is 15.5 Å². The minimum absolute atomic E-state index is 0.0388. The number of carboxylic acids is 1. The van der Waals surface area contributed by atoms with Gasteiger partial charge in [0, 0.05) is 23.1 Å². The number of aromatic nitrogens is 2. The average molecular weight is 522 g/mol. The van der Waals surface area contributed by atoms with Gasteiger partial charge in [-0.2, -0.15) is 4.98 Å². The number of hydrogen-bond donors (Lipinski definition) is 2. The molecule has 0 aliphatic heterocycles. The third-order valence-electron chi connectivity index (χ3n) is 6.48. The molecule has 5 aromatic rings. The summed E-state index contributed by atoms with van der Waals surface area (Å²) in [4.78, 5) is 29.4. The molecule has 0 saturated carbocycles. The van der Waals surface area contributed by atoms with Crippen molar-refractivity contribution in [3.05, 3.63) is 107 Å². The second kappa shape index (κ2) is 10.8. The van der Waals surface area contributed by atoms with Gasteiger partial charge in [-0.3, -0.25) is 4.79 Å². The molecule has 0 aliphatic rings. The topological polar surface area (TPSA) is 118 Å². The summed E-state index contributed by atoms with van der Waals surface area (Å²) in [5.74, 6) is -0.392. The Morgan fingerprint density at radius 2 is 1.54 bits per heavy atom. The number of benzene rings is 3. The molecule has 0 unspecified atom stereocenters. The Balaban J connectivity index is 1.32. The lowest BCUT2D eigenvalue weighted by molar-refractivity contribution is -0.139. The molecule has 2 aromatic heterocycles. The van der Waals surface area contributed by atoms with Crippen molar-refractivity contribution in [1.29, 1.82) is 0 Å². The molecule has 0 aliphatic carbocycles. The maximum absolute atomic E-state index is 12.8. The Hall–Kier alpha value is -4.98. The Labute approximate surface area is 225 Å². The molecule has 2 N–H and O–H groups in total. The standard InChI is InChI=1S/C31H27N3O5/c1-18-4-10-22(11-5-18)26-14-15-27(38-26)29(35)32-25(31(36)37)17-21-9-8-20(3)24(16-21)28-33-30(39-34-28)23-12-6-19(2)7-13-23/h4-16,25H,17H2,1-3H3,(H,32,35)(H,36,37)/t25-/m1/s1. The van der Waals surface area contributed by atoms with Gasteiger partial charge in [-0.25, -0.2) is 4.79 Å². The van der Waals surface area contributed by atoms with Crippen molar-refractivity contribution in [2.24, 2.45) is 0 Å². The van der Waals surface area contributed by atoms with Crippen LogP contribution in [0.1, 0.15) is 32.8 Å². The molecule has 196 valence electrons. The second-order valence-corrected chi connectivity index (χ2v) is 9.54. The van der Waals surface area contributed by atoms with Crippen molar-refractivity contribution >= 4 is 11.9 Å². The van der Waals surface area contributed by atoms with Gasteiger partial charge in [0.2, 0.25) is 5.82 Å². The first-order valence-corrected chi connectivity index (χ1v) is 12.5. The van der Waals surface area contributed by atoms with Gasteiger partial charge >= 0.3 is 5.97 Å². The van der Waals surface area contributed by atoms with Crippen LogP contribution in [-0.2, 0) is 11.2 Å². The first kappa shape index (κ1) is 25.7. The number of carboxylic acid groups (broad SMARTS) is 1. The molecular weight excluding hydrogens is 494 g/mol. The molecule has 1 atom stereocenters. The van der Waals surface area contributed by atoms with Gasteiger partial charge in [-0.05, 0) is 62.2 Å². The van der Waals surface area contributed by atoms with E-state index in [-0.39, 0.29) is 12.2 Å². The van der Waals surface area contributed by atoms with E-state index in [9.17, 15) is 14.7 Å². The Kier molecular flexibility index (Phi) is 7.10. The normalized spacial score (nSPS) is 11.8. The van der Waals surface area contributed by atoms with E-state index >= 15 is 0 Å². The summed E-state index contributed by atoms with van der Waals surface area (Å²) in [6.45, 7) is 5.90. The van der Waals surface area contributed by atoms with Crippen molar-refractivity contribution < 1.29 is 23.6 Å². The fourth-order valence-electron chi connectivity index (χ4n) is 4.18. The van der Waals surface area contributed by atoms with E-state index in [1.165, 1.54) is 6.07 Å². The highest BCUT2D eigenvalue weighted by Crippen LogP contribution is 2.27. The summed E-state index contributed by atoms with van der Waals surface area (Å²) >= 11 is 0. The summed E-state index contributed by atoms with van der Waals surface area (Å²) < 4.78 is 11.2. The van der Waals surface area contributed by atoms with Gasteiger partial charge in [0.05, 0.1) is 0 Å². The van der Waals surface area contributed by atoms with Crippen LogP contribution < -0.4 is 5.32 Å². The van der Waals surface area contributed by atoms with E-state index in [1.807, 2.05) is 87.5 Å². The monoisotopic (exact) mass is 521 g/mol. The van der Waals surface area contributed by atoms with Gasteiger partial charge in [-0.15, -0.1) is 0 Å². The van der Waals surface area contributed by atoms with Gasteiger partial charge in [0.1, 0.15) is 11.8 Å². The van der Waals surface area contributed by atoms with E-state index in [4.69, 9.17) is 8.94 Å². The van der Waals surface area contributed by atoms with Crippen LogP contribution in [0.25, 0.3) is 34.2 Å². The second-order valence-electron chi connectivity index (χ2n) is 9.54. The smallest absolute Gasteiger partial charge is 0.326 e. The van der Waals surface area contributed by atoms with Crippen LogP contribution >= 0.6 is 0 Å². The van der Waals surface area contributed by atoms with Crippen LogP contribution in [0.2, 0.25) is 0 Å². The number of rotatable bonds is 8. The highest BCUT2D eigenvalue weighted by atomic mass is 16.5. The highest BCUT2D eigenvalue weighted by molar-refractivity contribution is 5.94. The summed E-state index contributed by atoms with van der Waals surface area (Å²) in [5, 5.41) is 16.6. The fourth-order valence-corrected chi connectivity index (χ4v) is 4.18. The fraction of sp³-hybridized carbons (Fsp3) is 0.161. The summed E-state index contributed by atoms with van der Waals surface area (Å²) in [7, 11) is 0. The Bertz CT molecular complexity index is 1630. The maximum Gasteiger partial charge on any atom is 0.326 e. The Morgan fingerprint density at radius 1 is 0.872 bits per heavy atom. The predicted octanol–water partition coefficient (Wildman–Crippen LogP) is 6.01. The van der Waals surface area contributed by atoms with Gasteiger partial charge in [0.15, 0.2) is 5.76 Å². The number of aryl methyl sites for hydroxylation is 3. The van der Waals surface area contributed by atoms with Crippen molar-refractivity contribution in [3.63, 3.8) is 0 Å². The van der Waals surface area contributed by atoms with Crippen molar-refractivity contribution in [3.8, 4) is 34.2 Å². The minimum atomic E-state index is -1.17. The molecule has 39 heavy (non-hydrogen) atoms. The van der Waals surface area contributed by atoms with Crippen LogP contribution in [0.3, 0.4) is 0 Å². The molecule has 5 rings (SSSR count). The molecule has 8 nitrogen and oxygen atoms in total. The predicted molar refractivity (Wildman–Crippen MR) is 146 cm³/mol. The lowest BCUT2D eigenvalue weighted by atomic mass is 9.99.